The van der Waals surface area contributed by atoms with Gasteiger partial charge in [0.1, 0.15) is 4.21 Å². The number of nitrogens with one attached hydrogen (secondary N) is 1. The van der Waals surface area contributed by atoms with Gasteiger partial charge in [0, 0.05) is 17.1 Å². The maximum atomic E-state index is 12.3. The molecule has 0 saturated carbocycles. The third kappa shape index (κ3) is 3.84. The molecular formula is C15H20N2O2S2. The van der Waals surface area contributed by atoms with Gasteiger partial charge in [0.05, 0.1) is 0 Å². The van der Waals surface area contributed by atoms with Crippen molar-refractivity contribution in [3.05, 3.63) is 46.8 Å². The summed E-state index contributed by atoms with van der Waals surface area (Å²) in [6.07, 6.45) is 0. The summed E-state index contributed by atoms with van der Waals surface area (Å²) in [5, 5.41) is 0. The minimum Gasteiger partial charge on any atom is -0.326 e. The van der Waals surface area contributed by atoms with E-state index in [1.165, 1.54) is 11.3 Å². The molecule has 0 fully saturated rings. The summed E-state index contributed by atoms with van der Waals surface area (Å²) in [6, 6.07) is 10.8. The molecule has 21 heavy (non-hydrogen) atoms. The molecule has 0 unspecified atom stereocenters. The van der Waals surface area contributed by atoms with E-state index in [0.29, 0.717) is 12.2 Å². The van der Waals surface area contributed by atoms with E-state index in [1.54, 1.807) is 24.3 Å². The first-order valence-corrected chi connectivity index (χ1v) is 8.94. The summed E-state index contributed by atoms with van der Waals surface area (Å²) < 4.78 is 27.4. The highest BCUT2D eigenvalue weighted by Gasteiger charge is 2.18. The van der Waals surface area contributed by atoms with Gasteiger partial charge in [-0.1, -0.05) is 32.9 Å². The van der Waals surface area contributed by atoms with Crippen molar-refractivity contribution in [2.45, 2.75) is 36.9 Å². The average Bonchev–Trinajstić information content (AvgIpc) is 2.87. The smallest absolute Gasteiger partial charge is 0.271 e. The third-order valence-corrected chi connectivity index (χ3v) is 6.09. The summed E-state index contributed by atoms with van der Waals surface area (Å²) in [5.41, 5.74) is 7.27. The van der Waals surface area contributed by atoms with Crippen LogP contribution in [0.25, 0.3) is 0 Å². The van der Waals surface area contributed by atoms with Crippen molar-refractivity contribution in [2.75, 3.05) is 4.72 Å². The predicted molar refractivity (Wildman–Crippen MR) is 88.2 cm³/mol. The quantitative estimate of drug-likeness (QED) is 0.906. The molecule has 0 amide bonds. The molecule has 0 aliphatic rings. The lowest BCUT2D eigenvalue weighted by atomic mass is 9.87. The first-order valence-electron chi connectivity index (χ1n) is 6.64. The summed E-state index contributed by atoms with van der Waals surface area (Å²) in [4.78, 5) is 0.846. The van der Waals surface area contributed by atoms with Crippen molar-refractivity contribution in [2.24, 2.45) is 5.73 Å². The molecule has 1 heterocycles. The van der Waals surface area contributed by atoms with E-state index in [1.807, 2.05) is 12.1 Å². The highest BCUT2D eigenvalue weighted by molar-refractivity contribution is 7.94. The molecule has 1 aromatic carbocycles. The minimum absolute atomic E-state index is 0.0428. The number of sulfonamides is 1. The first kappa shape index (κ1) is 16.0. The highest BCUT2D eigenvalue weighted by Crippen LogP contribution is 2.26. The van der Waals surface area contributed by atoms with E-state index in [2.05, 4.69) is 25.5 Å². The van der Waals surface area contributed by atoms with Gasteiger partial charge in [-0.05, 0) is 35.2 Å². The van der Waals surface area contributed by atoms with Crippen molar-refractivity contribution in [3.63, 3.8) is 0 Å². The molecule has 0 radical (unpaired) electrons. The Labute approximate surface area is 130 Å². The molecule has 0 aliphatic heterocycles. The molecule has 4 nitrogen and oxygen atoms in total. The van der Waals surface area contributed by atoms with Crippen LogP contribution in [-0.2, 0) is 22.0 Å². The van der Waals surface area contributed by atoms with Crippen LogP contribution in [0.5, 0.6) is 0 Å². The van der Waals surface area contributed by atoms with Crippen molar-refractivity contribution >= 4 is 27.0 Å². The van der Waals surface area contributed by atoms with Gasteiger partial charge in [0.25, 0.3) is 10.0 Å². The minimum atomic E-state index is -3.54. The van der Waals surface area contributed by atoms with Gasteiger partial charge < -0.3 is 5.73 Å². The van der Waals surface area contributed by atoms with Crippen LogP contribution in [0.3, 0.4) is 0 Å². The van der Waals surface area contributed by atoms with Crippen LogP contribution in [-0.4, -0.2) is 8.42 Å². The Hall–Kier alpha value is -1.37. The van der Waals surface area contributed by atoms with Gasteiger partial charge in [-0.2, -0.15) is 0 Å². The van der Waals surface area contributed by atoms with Crippen molar-refractivity contribution in [1.82, 2.24) is 0 Å². The zero-order chi connectivity index (χ0) is 15.7. The molecule has 1 aromatic heterocycles. The zero-order valence-corrected chi connectivity index (χ0v) is 14.0. The van der Waals surface area contributed by atoms with Crippen molar-refractivity contribution in [3.8, 4) is 0 Å². The molecule has 0 spiro atoms. The lowest BCUT2D eigenvalue weighted by Gasteiger charge is -2.19. The second-order valence-corrected chi connectivity index (χ2v) is 8.94. The van der Waals surface area contributed by atoms with Crippen molar-refractivity contribution < 1.29 is 8.42 Å². The summed E-state index contributed by atoms with van der Waals surface area (Å²) >= 11 is 1.19. The van der Waals surface area contributed by atoms with Crippen LogP contribution >= 0.6 is 11.3 Å². The molecule has 0 atom stereocenters. The Morgan fingerprint density at radius 3 is 2.19 bits per heavy atom. The number of hydrogen-bond donors (Lipinski definition) is 2. The lowest BCUT2D eigenvalue weighted by Crippen LogP contribution is -2.13. The molecule has 114 valence electrons. The van der Waals surface area contributed by atoms with Crippen molar-refractivity contribution in [1.29, 1.82) is 0 Å². The normalized spacial score (nSPS) is 12.4. The fourth-order valence-corrected chi connectivity index (χ4v) is 4.15. The van der Waals surface area contributed by atoms with Crippen LogP contribution in [0.4, 0.5) is 5.69 Å². The molecule has 3 N–H and O–H groups in total. The van der Waals surface area contributed by atoms with Crippen LogP contribution in [0.2, 0.25) is 0 Å². The predicted octanol–water partition coefficient (Wildman–Crippen LogP) is 3.31. The number of rotatable bonds is 4. The zero-order valence-electron chi connectivity index (χ0n) is 12.4. The number of benzene rings is 1. The van der Waals surface area contributed by atoms with Gasteiger partial charge >= 0.3 is 0 Å². The topological polar surface area (TPSA) is 72.2 Å². The number of thiophene rings is 1. The standard InChI is InChI=1S/C15H20N2O2S2/c1-15(2,3)11-4-6-12(7-5-11)17-21(18,19)14-9-8-13(10-16)20-14/h4-9,17H,10,16H2,1-3H3. The van der Waals surface area contributed by atoms with E-state index in [0.717, 1.165) is 10.4 Å². The molecule has 2 rings (SSSR count). The van der Waals surface area contributed by atoms with Crippen LogP contribution in [0, 0.1) is 0 Å². The van der Waals surface area contributed by atoms with Gasteiger partial charge in [0.2, 0.25) is 0 Å². The van der Waals surface area contributed by atoms with Crippen LogP contribution in [0.15, 0.2) is 40.6 Å². The fourth-order valence-electron chi connectivity index (χ4n) is 1.86. The maximum Gasteiger partial charge on any atom is 0.271 e. The fraction of sp³-hybridized carbons (Fsp3) is 0.333. The monoisotopic (exact) mass is 324 g/mol. The molecule has 0 aliphatic carbocycles. The second kappa shape index (κ2) is 5.79. The highest BCUT2D eigenvalue weighted by atomic mass is 32.2. The van der Waals surface area contributed by atoms with Gasteiger partial charge in [0.15, 0.2) is 0 Å². The van der Waals surface area contributed by atoms with Gasteiger partial charge in [-0.15, -0.1) is 11.3 Å². The SMILES string of the molecule is CC(C)(C)c1ccc(NS(=O)(=O)c2ccc(CN)s2)cc1. The third-order valence-electron chi connectivity index (χ3n) is 3.11. The van der Waals surface area contributed by atoms with Crippen LogP contribution < -0.4 is 10.5 Å². The van der Waals surface area contributed by atoms with E-state index in [4.69, 9.17) is 5.73 Å². The second-order valence-electron chi connectivity index (χ2n) is 5.86. The molecule has 0 bridgehead atoms. The Morgan fingerprint density at radius 2 is 1.71 bits per heavy atom. The number of hydrogen-bond acceptors (Lipinski definition) is 4. The largest absolute Gasteiger partial charge is 0.326 e. The first-order chi connectivity index (χ1) is 9.72. The number of anilines is 1. The van der Waals surface area contributed by atoms with E-state index >= 15 is 0 Å². The van der Waals surface area contributed by atoms with E-state index in [9.17, 15) is 8.42 Å². The summed E-state index contributed by atoms with van der Waals surface area (Å²) in [7, 11) is -3.54. The Kier molecular flexibility index (Phi) is 4.41. The summed E-state index contributed by atoms with van der Waals surface area (Å²) in [5.74, 6) is 0. The average molecular weight is 324 g/mol. The maximum absolute atomic E-state index is 12.3. The van der Waals surface area contributed by atoms with E-state index < -0.39 is 10.0 Å². The molecule has 2 aromatic rings. The molecule has 0 saturated heterocycles. The Morgan fingerprint density at radius 1 is 1.10 bits per heavy atom. The Bertz CT molecular complexity index is 711. The number of nitrogens with two attached hydrogens (primary N) is 1. The molecule has 6 heteroatoms. The Balaban J connectivity index is 2.21. The van der Waals surface area contributed by atoms with Gasteiger partial charge in [-0.25, -0.2) is 8.42 Å². The van der Waals surface area contributed by atoms with E-state index in [-0.39, 0.29) is 9.62 Å². The summed E-state index contributed by atoms with van der Waals surface area (Å²) in [6.45, 7) is 6.70. The lowest BCUT2D eigenvalue weighted by molar-refractivity contribution is 0.590. The van der Waals surface area contributed by atoms with Gasteiger partial charge in [-0.3, -0.25) is 4.72 Å². The van der Waals surface area contributed by atoms with Crippen LogP contribution in [0.1, 0.15) is 31.2 Å². The molecular weight excluding hydrogens is 304 g/mol.